The lowest BCUT2D eigenvalue weighted by molar-refractivity contribution is -0.143. The Bertz CT molecular complexity index is 1040. The van der Waals surface area contributed by atoms with Crippen LogP contribution in [-0.2, 0) is 12.7 Å². The molecule has 1 amide bonds. The SMILES string of the molecule is COc1cc(CNC(=O)c2nnn(-c3cccc(F)c3)c2C(F)(F)F)cc(OC)c1. The van der Waals surface area contributed by atoms with Gasteiger partial charge in [-0.05, 0) is 35.9 Å². The number of alkyl halides is 3. The molecule has 30 heavy (non-hydrogen) atoms. The molecule has 0 aliphatic carbocycles. The summed E-state index contributed by atoms with van der Waals surface area (Å²) in [7, 11) is 2.88. The van der Waals surface area contributed by atoms with Gasteiger partial charge in [0.15, 0.2) is 11.4 Å². The Morgan fingerprint density at radius 2 is 1.77 bits per heavy atom. The molecular weight excluding hydrogens is 408 g/mol. The molecule has 0 aliphatic heterocycles. The Morgan fingerprint density at radius 1 is 1.10 bits per heavy atom. The molecule has 0 aliphatic rings. The number of nitrogens with one attached hydrogen (secondary N) is 1. The highest BCUT2D eigenvalue weighted by molar-refractivity contribution is 5.93. The van der Waals surface area contributed by atoms with Crippen LogP contribution in [0.5, 0.6) is 11.5 Å². The van der Waals surface area contributed by atoms with Gasteiger partial charge in [-0.1, -0.05) is 11.3 Å². The smallest absolute Gasteiger partial charge is 0.435 e. The van der Waals surface area contributed by atoms with Gasteiger partial charge in [0.1, 0.15) is 17.3 Å². The van der Waals surface area contributed by atoms with E-state index >= 15 is 0 Å². The summed E-state index contributed by atoms with van der Waals surface area (Å²) in [5, 5.41) is 9.15. The summed E-state index contributed by atoms with van der Waals surface area (Å²) >= 11 is 0. The molecule has 0 bridgehead atoms. The topological polar surface area (TPSA) is 78.3 Å². The highest BCUT2D eigenvalue weighted by Gasteiger charge is 2.42. The van der Waals surface area contributed by atoms with Crippen molar-refractivity contribution >= 4 is 5.91 Å². The number of methoxy groups -OCH3 is 2. The predicted molar refractivity (Wildman–Crippen MR) is 97.0 cm³/mol. The molecule has 3 rings (SSSR count). The van der Waals surface area contributed by atoms with Gasteiger partial charge in [-0.15, -0.1) is 5.10 Å². The monoisotopic (exact) mass is 424 g/mol. The third kappa shape index (κ3) is 4.50. The molecule has 0 radical (unpaired) electrons. The summed E-state index contributed by atoms with van der Waals surface area (Å²) in [6.07, 6.45) is -4.96. The molecule has 1 N–H and O–H groups in total. The first-order chi connectivity index (χ1) is 14.2. The second kappa shape index (κ2) is 8.39. The van der Waals surface area contributed by atoms with Gasteiger partial charge in [0.25, 0.3) is 5.91 Å². The molecule has 1 heterocycles. The van der Waals surface area contributed by atoms with Crippen molar-refractivity contribution in [3.63, 3.8) is 0 Å². The Labute approximate surface area is 168 Å². The largest absolute Gasteiger partial charge is 0.497 e. The van der Waals surface area contributed by atoms with Gasteiger partial charge in [0, 0.05) is 12.6 Å². The van der Waals surface area contributed by atoms with Crippen LogP contribution in [0.1, 0.15) is 21.7 Å². The number of hydrogen-bond acceptors (Lipinski definition) is 5. The van der Waals surface area contributed by atoms with Crippen LogP contribution < -0.4 is 14.8 Å². The van der Waals surface area contributed by atoms with E-state index in [0.29, 0.717) is 21.7 Å². The molecule has 3 aromatic rings. The quantitative estimate of drug-likeness (QED) is 0.614. The number of aromatic nitrogens is 3. The van der Waals surface area contributed by atoms with Gasteiger partial charge < -0.3 is 14.8 Å². The van der Waals surface area contributed by atoms with Crippen molar-refractivity contribution < 1.29 is 31.8 Å². The summed E-state index contributed by atoms with van der Waals surface area (Å²) in [4.78, 5) is 12.4. The molecule has 0 unspecified atom stereocenters. The molecule has 0 saturated carbocycles. The minimum Gasteiger partial charge on any atom is -0.497 e. The van der Waals surface area contributed by atoms with E-state index in [2.05, 4.69) is 15.6 Å². The van der Waals surface area contributed by atoms with Gasteiger partial charge in [-0.2, -0.15) is 13.2 Å². The van der Waals surface area contributed by atoms with Crippen LogP contribution in [0.2, 0.25) is 0 Å². The van der Waals surface area contributed by atoms with Crippen LogP contribution in [0, 0.1) is 5.82 Å². The predicted octanol–water partition coefficient (Wildman–Crippen LogP) is 3.37. The average Bonchev–Trinajstić information content (AvgIpc) is 3.17. The van der Waals surface area contributed by atoms with E-state index < -0.39 is 29.3 Å². The lowest BCUT2D eigenvalue weighted by atomic mass is 10.2. The number of halogens is 4. The zero-order chi connectivity index (χ0) is 21.9. The summed E-state index contributed by atoms with van der Waals surface area (Å²) in [6.45, 7) is -0.115. The van der Waals surface area contributed by atoms with Gasteiger partial charge in [0.05, 0.1) is 19.9 Å². The van der Waals surface area contributed by atoms with Gasteiger partial charge in [0.2, 0.25) is 0 Å². The molecule has 0 fully saturated rings. The van der Waals surface area contributed by atoms with Crippen molar-refractivity contribution in [2.45, 2.75) is 12.7 Å². The van der Waals surface area contributed by atoms with E-state index in [4.69, 9.17) is 9.47 Å². The number of nitrogens with zero attached hydrogens (tertiary/aromatic N) is 3. The fourth-order valence-electron chi connectivity index (χ4n) is 2.71. The number of carbonyl (C=O) groups excluding carboxylic acids is 1. The highest BCUT2D eigenvalue weighted by atomic mass is 19.4. The molecular formula is C19H16F4N4O3. The third-order valence-electron chi connectivity index (χ3n) is 4.07. The number of ether oxygens (including phenoxy) is 2. The van der Waals surface area contributed by atoms with E-state index in [1.54, 1.807) is 18.2 Å². The molecule has 1 aromatic heterocycles. The summed E-state index contributed by atoms with van der Waals surface area (Å²) in [5.74, 6) is -0.945. The van der Waals surface area contributed by atoms with E-state index in [1.807, 2.05) is 0 Å². The fraction of sp³-hybridized carbons (Fsp3) is 0.211. The first-order valence-electron chi connectivity index (χ1n) is 8.52. The highest BCUT2D eigenvalue weighted by Crippen LogP contribution is 2.33. The van der Waals surface area contributed by atoms with Gasteiger partial charge in [-0.25, -0.2) is 9.07 Å². The standard InChI is InChI=1S/C19H16F4N4O3/c1-29-14-6-11(7-15(9-14)30-2)10-24-18(28)16-17(19(21,22)23)27(26-25-16)13-5-3-4-12(20)8-13/h3-9H,10H2,1-2H3,(H,24,28). The van der Waals surface area contributed by atoms with Crippen LogP contribution in [0.25, 0.3) is 5.69 Å². The zero-order valence-corrected chi connectivity index (χ0v) is 15.8. The molecule has 0 spiro atoms. The maximum atomic E-state index is 13.6. The number of hydrogen-bond donors (Lipinski definition) is 1. The third-order valence-corrected chi connectivity index (χ3v) is 4.07. The molecule has 7 nitrogen and oxygen atoms in total. The maximum Gasteiger partial charge on any atom is 0.435 e. The normalized spacial score (nSPS) is 11.3. The van der Waals surface area contributed by atoms with Crippen molar-refractivity contribution in [3.05, 3.63) is 65.2 Å². The summed E-state index contributed by atoms with van der Waals surface area (Å²) in [5.41, 5.74) is -2.02. The van der Waals surface area contributed by atoms with E-state index in [9.17, 15) is 22.4 Å². The first kappa shape index (κ1) is 21.1. The van der Waals surface area contributed by atoms with Crippen molar-refractivity contribution in [2.24, 2.45) is 0 Å². The second-order valence-corrected chi connectivity index (χ2v) is 6.08. The van der Waals surface area contributed by atoms with Crippen molar-refractivity contribution in [1.82, 2.24) is 20.3 Å². The van der Waals surface area contributed by atoms with Crippen molar-refractivity contribution in [1.29, 1.82) is 0 Å². The average molecular weight is 424 g/mol. The molecule has 0 saturated heterocycles. The van der Waals surface area contributed by atoms with E-state index in [1.165, 1.54) is 26.4 Å². The van der Waals surface area contributed by atoms with Crippen molar-refractivity contribution in [2.75, 3.05) is 14.2 Å². The Balaban J connectivity index is 1.90. The number of rotatable bonds is 6. The number of benzene rings is 2. The maximum absolute atomic E-state index is 13.6. The van der Waals surface area contributed by atoms with E-state index in [-0.39, 0.29) is 12.2 Å². The number of carbonyl (C=O) groups is 1. The first-order valence-corrected chi connectivity index (χ1v) is 8.52. The Hall–Kier alpha value is -3.63. The fourth-order valence-corrected chi connectivity index (χ4v) is 2.71. The van der Waals surface area contributed by atoms with Gasteiger partial charge in [-0.3, -0.25) is 4.79 Å². The lowest BCUT2D eigenvalue weighted by Gasteiger charge is -2.12. The molecule has 158 valence electrons. The summed E-state index contributed by atoms with van der Waals surface area (Å²) in [6, 6.07) is 9.17. The molecule has 2 aromatic carbocycles. The van der Waals surface area contributed by atoms with Crippen molar-refractivity contribution in [3.8, 4) is 17.2 Å². The number of amides is 1. The Kier molecular flexibility index (Phi) is 5.90. The second-order valence-electron chi connectivity index (χ2n) is 6.08. The molecule has 0 atom stereocenters. The van der Waals surface area contributed by atoms with Crippen LogP contribution in [0.4, 0.5) is 17.6 Å². The zero-order valence-electron chi connectivity index (χ0n) is 15.8. The van der Waals surface area contributed by atoms with Crippen LogP contribution in [0.15, 0.2) is 42.5 Å². The van der Waals surface area contributed by atoms with Crippen LogP contribution in [-0.4, -0.2) is 35.1 Å². The van der Waals surface area contributed by atoms with Crippen LogP contribution in [0.3, 0.4) is 0 Å². The van der Waals surface area contributed by atoms with Crippen LogP contribution >= 0.6 is 0 Å². The lowest BCUT2D eigenvalue weighted by Crippen LogP contribution is -2.27. The molecule has 11 heteroatoms. The minimum atomic E-state index is -4.96. The van der Waals surface area contributed by atoms with Gasteiger partial charge >= 0.3 is 6.18 Å². The summed E-state index contributed by atoms with van der Waals surface area (Å²) < 4.78 is 65.0. The minimum absolute atomic E-state index is 0.115. The Morgan fingerprint density at radius 3 is 2.33 bits per heavy atom. The van der Waals surface area contributed by atoms with E-state index in [0.717, 1.165) is 12.1 Å².